The fourth-order valence-corrected chi connectivity index (χ4v) is 1.73. The number of fused-ring (bicyclic) bond motifs is 1. The van der Waals surface area contributed by atoms with Crippen molar-refractivity contribution in [3.8, 4) is 0 Å². The van der Waals surface area contributed by atoms with Crippen LogP contribution in [0.3, 0.4) is 0 Å². The Labute approximate surface area is 141 Å². The number of amides is 1. The smallest absolute Gasteiger partial charge is 0.407 e. The highest BCUT2D eigenvalue weighted by Gasteiger charge is 2.22. The highest BCUT2D eigenvalue weighted by molar-refractivity contribution is 5.84. The molecule has 5 heteroatoms. The van der Waals surface area contributed by atoms with Crippen molar-refractivity contribution in [3.63, 3.8) is 0 Å². The molecule has 1 saturated heterocycles. The summed E-state index contributed by atoms with van der Waals surface area (Å²) >= 11 is 0. The van der Waals surface area contributed by atoms with Gasteiger partial charge in [-0.25, -0.2) is 4.79 Å². The molecule has 0 aliphatic carbocycles. The highest BCUT2D eigenvalue weighted by Crippen LogP contribution is 2.21. The molecule has 1 aliphatic rings. The second-order valence-corrected chi connectivity index (χ2v) is 4.65. The molecule has 112 valence electrons. The lowest BCUT2D eigenvalue weighted by Crippen LogP contribution is -2.28. The fourth-order valence-electron chi connectivity index (χ4n) is 1.73. The molecular formula is C16H21N3O2. The lowest BCUT2D eigenvalue weighted by molar-refractivity contribution is 0.177. The van der Waals surface area contributed by atoms with E-state index in [1.807, 2.05) is 0 Å². The number of carbonyl (C=O) groups excluding carboxylic acids is 1. The summed E-state index contributed by atoms with van der Waals surface area (Å²) in [5.74, 6) is 0. The number of likely N-dealkylation sites (N-methyl/N-ethyl adjacent to an activating group) is 1. The molecule has 2 N–H and O–H groups in total. The molecule has 1 atom stereocenters. The summed E-state index contributed by atoms with van der Waals surface area (Å²) in [6, 6.07) is -4.78. The van der Waals surface area contributed by atoms with Crippen LogP contribution in [0.15, 0.2) is 24.3 Å². The van der Waals surface area contributed by atoms with Gasteiger partial charge in [-0.05, 0) is 50.1 Å². The van der Waals surface area contributed by atoms with Crippen LogP contribution in [0.5, 0.6) is 0 Å². The van der Waals surface area contributed by atoms with Crippen molar-refractivity contribution in [2.24, 2.45) is 0 Å². The monoisotopic (exact) mass is 299 g/mol. The average molecular weight is 299 g/mol. The molecule has 0 saturated carbocycles. The molecule has 3 rings (SSSR count). The Hall–Kier alpha value is -2.01. The molecule has 0 spiro atoms. The fraction of sp³-hybridized carbons (Fsp3) is 0.438. The molecule has 2 heterocycles. The number of H-pyrrole nitrogens is 1. The molecule has 2 aromatic rings. The van der Waals surface area contributed by atoms with Gasteiger partial charge in [0.2, 0.25) is 0 Å². The Morgan fingerprint density at radius 3 is 3.19 bits per heavy atom. The molecular weight excluding hydrogens is 266 g/mol. The van der Waals surface area contributed by atoms with Crippen molar-refractivity contribution in [3.05, 3.63) is 35.4 Å². The van der Waals surface area contributed by atoms with Crippen LogP contribution < -0.4 is 5.31 Å². The van der Waals surface area contributed by atoms with Gasteiger partial charge in [-0.3, -0.25) is 0 Å². The third kappa shape index (κ3) is 3.19. The van der Waals surface area contributed by atoms with Crippen molar-refractivity contribution in [1.82, 2.24) is 15.2 Å². The van der Waals surface area contributed by atoms with Crippen LogP contribution in [0, 0.1) is 0 Å². The normalized spacial score (nSPS) is 30.7. The van der Waals surface area contributed by atoms with E-state index in [4.69, 9.17) is 16.5 Å². The number of carbonyl (C=O) groups is 1. The molecule has 5 nitrogen and oxygen atoms in total. The first-order chi connectivity index (χ1) is 14.9. The lowest BCUT2D eigenvalue weighted by atomic mass is 10.0. The minimum atomic E-state index is -3.10. The van der Waals surface area contributed by atoms with E-state index < -0.39 is 77.8 Å². The molecule has 1 aliphatic heterocycles. The average Bonchev–Trinajstić information content (AvgIpc) is 3.01. The molecule has 1 aromatic carbocycles. The van der Waals surface area contributed by atoms with Crippen LogP contribution in [0.2, 0.25) is 2.82 Å². The Balaban J connectivity index is 2.43. The van der Waals surface area contributed by atoms with E-state index in [2.05, 4.69) is 4.74 Å². The maximum absolute atomic E-state index is 11.7. The van der Waals surface area contributed by atoms with Gasteiger partial charge in [-0.15, -0.1) is 0 Å². The first-order valence-electron chi connectivity index (χ1n) is 12.1. The SMILES string of the molecule is [2H]c1c(C([2H])([2H])[C@@H]2N([2H])C(=O)OC2([2H])[2H])c([2H])c2c(C([2H])([2H])CN(C)C)c([2H])n([2H])c2c1[2H]. The lowest BCUT2D eigenvalue weighted by Gasteiger charge is -2.09. The quantitative estimate of drug-likeness (QED) is 0.887. The largest absolute Gasteiger partial charge is 0.447 e. The number of aromatic nitrogens is 1. The maximum atomic E-state index is 11.7. The zero-order chi connectivity index (χ0) is 25.4. The molecule has 1 aromatic heterocycles. The van der Waals surface area contributed by atoms with Crippen LogP contribution in [0.25, 0.3) is 10.9 Å². The van der Waals surface area contributed by atoms with Gasteiger partial charge in [0, 0.05) is 29.1 Å². The third-order valence-corrected chi connectivity index (χ3v) is 2.67. The minimum Gasteiger partial charge on any atom is -0.447 e. The van der Waals surface area contributed by atoms with Gasteiger partial charge < -0.3 is 19.9 Å². The standard InChI is InChI=1S/C16H21N3O2/c1-19(2)6-5-12-9-17-15-4-3-11(8-14(12)15)7-13-10-21-16(20)18-13/h3-4,8-9,13,17H,5-7,10H2,1-2H3,(H,18,20)/t13-/m0/s1/i3D,4D,5D2,7D2,8D,9D,10D2/hD2. The second-order valence-electron chi connectivity index (χ2n) is 4.65. The number of nitrogens with zero attached hydrogens (tertiary/aromatic N) is 1. The van der Waals surface area contributed by atoms with Crippen molar-refractivity contribution in [1.29, 1.82) is 0 Å². The van der Waals surface area contributed by atoms with Gasteiger partial charge in [0.1, 0.15) is 6.56 Å². The van der Waals surface area contributed by atoms with Crippen molar-refractivity contribution in [2.45, 2.75) is 18.8 Å². The Bertz CT molecular complexity index is 1150. The number of alkyl carbamates (subject to hydrolysis) is 1. The summed E-state index contributed by atoms with van der Waals surface area (Å²) in [5, 5.41) is -0.520. The maximum Gasteiger partial charge on any atom is 0.407 e. The summed E-state index contributed by atoms with van der Waals surface area (Å²) < 4.78 is 103. The van der Waals surface area contributed by atoms with E-state index in [-0.39, 0.29) is 11.9 Å². The van der Waals surface area contributed by atoms with Gasteiger partial charge in [0.05, 0.1) is 14.3 Å². The number of nitrogens with one attached hydrogen (secondary N) is 2. The number of rotatable bonds is 5. The topological polar surface area (TPSA) is 57.4 Å². The van der Waals surface area contributed by atoms with E-state index in [0.717, 1.165) is 0 Å². The number of ether oxygens (including phenoxy) is 1. The molecule has 21 heavy (non-hydrogen) atoms. The van der Waals surface area contributed by atoms with E-state index in [9.17, 15) is 4.79 Å². The first-order valence-corrected chi connectivity index (χ1v) is 6.18. The van der Waals surface area contributed by atoms with E-state index >= 15 is 0 Å². The van der Waals surface area contributed by atoms with E-state index in [1.54, 1.807) is 14.1 Å². The third-order valence-electron chi connectivity index (χ3n) is 2.67. The van der Waals surface area contributed by atoms with Gasteiger partial charge in [0.15, 0.2) is 2.82 Å². The molecule has 0 unspecified atom stereocenters. The summed E-state index contributed by atoms with van der Waals surface area (Å²) in [4.78, 5) is 13.6. The second kappa shape index (κ2) is 5.77. The molecule has 0 radical (unpaired) electrons. The van der Waals surface area contributed by atoms with Gasteiger partial charge in [-0.2, -0.15) is 0 Å². The first kappa shape index (κ1) is 5.65. The number of benzene rings is 1. The molecule has 1 amide bonds. The number of hydrogen-bond acceptors (Lipinski definition) is 3. The predicted octanol–water partition coefficient (Wildman–Crippen LogP) is 1.92. The molecule has 0 bridgehead atoms. The zero-order valence-electron chi connectivity index (χ0n) is 23.4. The van der Waals surface area contributed by atoms with E-state index in [1.165, 1.54) is 4.90 Å². The van der Waals surface area contributed by atoms with Crippen LogP contribution in [-0.4, -0.2) is 49.2 Å². The van der Waals surface area contributed by atoms with Crippen LogP contribution in [0.1, 0.15) is 24.8 Å². The Morgan fingerprint density at radius 2 is 2.48 bits per heavy atom. The predicted molar refractivity (Wildman–Crippen MR) is 82.5 cm³/mol. The van der Waals surface area contributed by atoms with Crippen molar-refractivity contribution < 1.29 is 26.1 Å². The van der Waals surface area contributed by atoms with Gasteiger partial charge >= 0.3 is 6.09 Å². The molecule has 1 fully saturated rings. The minimum absolute atomic E-state index is 0.0789. The number of aromatic amines is 1. The van der Waals surface area contributed by atoms with Crippen LogP contribution in [-0.2, 0) is 17.5 Å². The highest BCUT2D eigenvalue weighted by atomic mass is 16.6. The zero-order valence-corrected chi connectivity index (χ0v) is 11.4. The van der Waals surface area contributed by atoms with Crippen LogP contribution in [0.4, 0.5) is 4.79 Å². The summed E-state index contributed by atoms with van der Waals surface area (Å²) in [6.45, 7) is -3.29. The number of cyclic esters (lactones) is 1. The van der Waals surface area contributed by atoms with Gasteiger partial charge in [-0.1, -0.05) is 6.04 Å². The number of hydrogen-bond donors (Lipinski definition) is 2. The summed E-state index contributed by atoms with van der Waals surface area (Å²) in [5.41, 5.74) is -1.78. The van der Waals surface area contributed by atoms with Crippen molar-refractivity contribution in [2.75, 3.05) is 27.2 Å². The Morgan fingerprint density at radius 1 is 1.62 bits per heavy atom. The summed E-state index contributed by atoms with van der Waals surface area (Å²) in [6.07, 6.45) is -7.59. The van der Waals surface area contributed by atoms with E-state index in [0.29, 0.717) is 4.98 Å². The van der Waals surface area contributed by atoms with Crippen molar-refractivity contribution >= 4 is 17.0 Å². The van der Waals surface area contributed by atoms with Gasteiger partial charge in [0.25, 0.3) is 0 Å². The summed E-state index contributed by atoms with van der Waals surface area (Å²) in [7, 11) is 3.12. The Kier molecular flexibility index (Phi) is 1.55. The van der Waals surface area contributed by atoms with Crippen LogP contribution >= 0.6 is 0 Å².